The Morgan fingerprint density at radius 1 is 0.960 bits per heavy atom. The molecule has 0 aliphatic rings. The van der Waals surface area contributed by atoms with Gasteiger partial charge in [0.05, 0.1) is 6.42 Å². The number of rotatable bonds is 5. The summed E-state index contributed by atoms with van der Waals surface area (Å²) in [6.45, 7) is 1.41. The second-order valence-electron chi connectivity index (χ2n) is 5.44. The van der Waals surface area contributed by atoms with Gasteiger partial charge in [-0.1, -0.05) is 54.6 Å². The molecule has 6 nitrogen and oxygen atoms in total. The summed E-state index contributed by atoms with van der Waals surface area (Å²) < 4.78 is 5.05. The van der Waals surface area contributed by atoms with E-state index in [1.54, 1.807) is 0 Å². The summed E-state index contributed by atoms with van der Waals surface area (Å²) in [5, 5.41) is 4.31. The molecule has 2 rings (SSSR count). The first-order valence-electron chi connectivity index (χ1n) is 7.86. The maximum atomic E-state index is 11.9. The van der Waals surface area contributed by atoms with Crippen molar-refractivity contribution in [3.63, 3.8) is 0 Å². The highest BCUT2D eigenvalue weighted by molar-refractivity contribution is 5.97. The lowest BCUT2D eigenvalue weighted by Crippen LogP contribution is -2.43. The monoisotopic (exact) mass is 340 g/mol. The zero-order valence-corrected chi connectivity index (χ0v) is 14.1. The van der Waals surface area contributed by atoms with E-state index in [1.807, 2.05) is 54.6 Å². The predicted octanol–water partition coefficient (Wildman–Crippen LogP) is 2.28. The summed E-state index contributed by atoms with van der Waals surface area (Å²) in [5.41, 5.74) is 2.93. The average molecular weight is 340 g/mol. The molecule has 0 aromatic heterocycles. The van der Waals surface area contributed by atoms with Crippen molar-refractivity contribution >= 4 is 17.9 Å². The van der Waals surface area contributed by atoms with Gasteiger partial charge in [-0.05, 0) is 23.6 Å². The lowest BCUT2D eigenvalue weighted by atomic mass is 10.0. The molecule has 0 saturated carbocycles. The number of hydrogen-bond acceptors (Lipinski definition) is 4. The molecule has 0 unspecified atom stereocenters. The van der Waals surface area contributed by atoms with Crippen LogP contribution in [0.15, 0.2) is 54.6 Å². The van der Waals surface area contributed by atoms with Gasteiger partial charge in [-0.25, -0.2) is 4.79 Å². The Kier molecular flexibility index (Phi) is 6.28. The summed E-state index contributed by atoms with van der Waals surface area (Å²) in [6.07, 6.45) is -1.000. The van der Waals surface area contributed by atoms with Crippen LogP contribution in [-0.2, 0) is 20.7 Å². The normalized spacial score (nSPS) is 11.3. The Balaban J connectivity index is 1.90. The van der Waals surface area contributed by atoms with Crippen LogP contribution in [0.3, 0.4) is 0 Å². The quantitative estimate of drug-likeness (QED) is 0.818. The zero-order valence-electron chi connectivity index (χ0n) is 14.1. The van der Waals surface area contributed by atoms with Crippen molar-refractivity contribution in [3.8, 4) is 11.1 Å². The third-order valence-electron chi connectivity index (χ3n) is 3.55. The van der Waals surface area contributed by atoms with E-state index in [9.17, 15) is 14.4 Å². The van der Waals surface area contributed by atoms with E-state index in [-0.39, 0.29) is 6.42 Å². The molecule has 6 heteroatoms. The molecule has 0 spiro atoms. The van der Waals surface area contributed by atoms with Gasteiger partial charge < -0.3 is 10.1 Å². The Hall–Kier alpha value is -3.15. The van der Waals surface area contributed by atoms with Crippen LogP contribution in [0.4, 0.5) is 4.79 Å². The van der Waals surface area contributed by atoms with Crippen molar-refractivity contribution in [1.82, 2.24) is 10.6 Å². The minimum absolute atomic E-state index is 0.0483. The minimum Gasteiger partial charge on any atom is -0.452 e. The standard InChI is InChI=1S/C19H20N2O4/c1-13(18(23)21-19(24)20-2)25-17(22)12-14-8-10-16(11-9-14)15-6-4-3-5-7-15/h3-11,13H,12H2,1-2H3,(H2,20,21,23,24)/t13-/m0/s1. The van der Waals surface area contributed by atoms with Crippen LogP contribution in [0.2, 0.25) is 0 Å². The molecule has 0 bridgehead atoms. The van der Waals surface area contributed by atoms with Gasteiger partial charge in [0, 0.05) is 7.05 Å². The van der Waals surface area contributed by atoms with Gasteiger partial charge in [0.15, 0.2) is 6.10 Å². The molecule has 130 valence electrons. The highest BCUT2D eigenvalue weighted by atomic mass is 16.5. The van der Waals surface area contributed by atoms with Crippen molar-refractivity contribution < 1.29 is 19.1 Å². The molecule has 2 N–H and O–H groups in total. The number of imide groups is 1. The summed E-state index contributed by atoms with van der Waals surface area (Å²) in [6, 6.07) is 16.8. The third-order valence-corrected chi connectivity index (χ3v) is 3.55. The van der Waals surface area contributed by atoms with Crippen LogP contribution in [0.1, 0.15) is 12.5 Å². The smallest absolute Gasteiger partial charge is 0.321 e. The van der Waals surface area contributed by atoms with E-state index in [0.717, 1.165) is 16.7 Å². The van der Waals surface area contributed by atoms with Crippen LogP contribution in [0, 0.1) is 0 Å². The van der Waals surface area contributed by atoms with Crippen LogP contribution in [0.5, 0.6) is 0 Å². The molecule has 2 aromatic rings. The Bertz CT molecular complexity index is 742. The van der Waals surface area contributed by atoms with E-state index in [4.69, 9.17) is 4.74 Å². The van der Waals surface area contributed by atoms with Gasteiger partial charge in [0.1, 0.15) is 0 Å². The molecular formula is C19H20N2O4. The summed E-state index contributed by atoms with van der Waals surface area (Å²) in [7, 11) is 1.39. The molecule has 25 heavy (non-hydrogen) atoms. The summed E-state index contributed by atoms with van der Waals surface area (Å²) in [5.74, 6) is -1.21. The topological polar surface area (TPSA) is 84.5 Å². The van der Waals surface area contributed by atoms with Crippen LogP contribution in [0.25, 0.3) is 11.1 Å². The van der Waals surface area contributed by atoms with E-state index < -0.39 is 24.0 Å². The number of nitrogens with one attached hydrogen (secondary N) is 2. The summed E-state index contributed by atoms with van der Waals surface area (Å²) >= 11 is 0. The predicted molar refractivity (Wildman–Crippen MR) is 93.7 cm³/mol. The molecule has 0 aliphatic heterocycles. The Labute approximate surface area is 146 Å². The third kappa shape index (κ3) is 5.46. The fourth-order valence-electron chi connectivity index (χ4n) is 2.18. The van der Waals surface area contributed by atoms with Crippen LogP contribution < -0.4 is 10.6 Å². The molecule has 2 aromatic carbocycles. The summed E-state index contributed by atoms with van der Waals surface area (Å²) in [4.78, 5) is 34.7. The number of esters is 1. The number of hydrogen-bond donors (Lipinski definition) is 2. The molecular weight excluding hydrogens is 320 g/mol. The van der Waals surface area contributed by atoms with Crippen molar-refractivity contribution in [2.45, 2.75) is 19.4 Å². The maximum Gasteiger partial charge on any atom is 0.321 e. The van der Waals surface area contributed by atoms with Gasteiger partial charge in [-0.3, -0.25) is 14.9 Å². The first-order chi connectivity index (χ1) is 12.0. The number of amides is 3. The Morgan fingerprint density at radius 3 is 2.16 bits per heavy atom. The molecule has 0 aliphatic carbocycles. The number of carbonyl (C=O) groups is 3. The first-order valence-corrected chi connectivity index (χ1v) is 7.86. The number of urea groups is 1. The van der Waals surface area contributed by atoms with Gasteiger partial charge in [0.25, 0.3) is 5.91 Å². The lowest BCUT2D eigenvalue weighted by Gasteiger charge is -2.12. The van der Waals surface area contributed by atoms with Crippen LogP contribution >= 0.6 is 0 Å². The fraction of sp³-hybridized carbons (Fsp3) is 0.211. The van der Waals surface area contributed by atoms with Crippen molar-refractivity contribution in [2.75, 3.05) is 7.05 Å². The SMILES string of the molecule is CNC(=O)NC(=O)[C@H](C)OC(=O)Cc1ccc(-c2ccccc2)cc1. The van der Waals surface area contributed by atoms with E-state index in [2.05, 4.69) is 10.6 Å². The molecule has 0 heterocycles. The largest absolute Gasteiger partial charge is 0.452 e. The lowest BCUT2D eigenvalue weighted by molar-refractivity contribution is -0.153. The molecule has 3 amide bonds. The van der Waals surface area contributed by atoms with E-state index in [1.165, 1.54) is 14.0 Å². The van der Waals surface area contributed by atoms with Gasteiger partial charge >= 0.3 is 12.0 Å². The number of benzene rings is 2. The maximum absolute atomic E-state index is 11.9. The minimum atomic E-state index is -1.05. The molecule has 0 fully saturated rings. The second kappa shape index (κ2) is 8.63. The highest BCUT2D eigenvalue weighted by Crippen LogP contribution is 2.19. The Morgan fingerprint density at radius 2 is 1.56 bits per heavy atom. The van der Waals surface area contributed by atoms with Crippen molar-refractivity contribution in [2.24, 2.45) is 0 Å². The van der Waals surface area contributed by atoms with Gasteiger partial charge in [-0.15, -0.1) is 0 Å². The highest BCUT2D eigenvalue weighted by Gasteiger charge is 2.19. The van der Waals surface area contributed by atoms with E-state index >= 15 is 0 Å². The van der Waals surface area contributed by atoms with E-state index in [0.29, 0.717) is 0 Å². The van der Waals surface area contributed by atoms with Crippen molar-refractivity contribution in [1.29, 1.82) is 0 Å². The molecule has 1 atom stereocenters. The zero-order chi connectivity index (χ0) is 18.2. The van der Waals surface area contributed by atoms with Gasteiger partial charge in [-0.2, -0.15) is 0 Å². The fourth-order valence-corrected chi connectivity index (χ4v) is 2.18. The first kappa shape index (κ1) is 18.2. The average Bonchev–Trinajstić information content (AvgIpc) is 2.62. The van der Waals surface area contributed by atoms with Crippen molar-refractivity contribution in [3.05, 3.63) is 60.2 Å². The molecule has 0 radical (unpaired) electrons. The van der Waals surface area contributed by atoms with Gasteiger partial charge in [0.2, 0.25) is 0 Å². The molecule has 0 saturated heterocycles. The second-order valence-corrected chi connectivity index (χ2v) is 5.44. The number of carbonyl (C=O) groups excluding carboxylic acids is 3. The van der Waals surface area contributed by atoms with Crippen LogP contribution in [-0.4, -0.2) is 31.1 Å². The number of ether oxygens (including phenoxy) is 1.